The van der Waals surface area contributed by atoms with Crippen LogP contribution in [0, 0.1) is 0 Å². The van der Waals surface area contributed by atoms with Crippen molar-refractivity contribution in [2.24, 2.45) is 0 Å². The van der Waals surface area contributed by atoms with E-state index in [1.807, 2.05) is 13.8 Å². The summed E-state index contributed by atoms with van der Waals surface area (Å²) in [4.78, 5) is 11.8. The number of aliphatic hydroxyl groups is 1. The molecule has 0 radical (unpaired) electrons. The topological polar surface area (TPSA) is 58.6 Å². The highest BCUT2D eigenvalue weighted by Crippen LogP contribution is 2.38. The molecule has 1 heterocycles. The van der Waals surface area contributed by atoms with Crippen LogP contribution in [0.2, 0.25) is 0 Å². The van der Waals surface area contributed by atoms with Gasteiger partial charge in [0.25, 0.3) is 6.43 Å². The van der Waals surface area contributed by atoms with E-state index in [4.69, 9.17) is 4.74 Å². The molecule has 0 saturated heterocycles. The Hall–Kier alpha value is -1.53. The van der Waals surface area contributed by atoms with Crippen LogP contribution in [0.1, 0.15) is 37.5 Å². The maximum absolute atomic E-state index is 11.9. The van der Waals surface area contributed by atoms with Crippen LogP contribution in [0.5, 0.6) is 0 Å². The second-order valence-electron chi connectivity index (χ2n) is 5.65. The molecule has 2 rings (SSSR count). The summed E-state index contributed by atoms with van der Waals surface area (Å²) in [7, 11) is 0. The standard InChI is InChI=1S/C15H19F2NO3/c1-15(2)10-7-9(3-4-11(10)18-14(15)20)12(19)5-6-21-8-13(16)17/h3-4,7,12-13,19H,5-6,8H2,1-2H3,(H,18,20). The van der Waals surface area contributed by atoms with Gasteiger partial charge in [0.05, 0.1) is 11.5 Å². The van der Waals surface area contributed by atoms with Gasteiger partial charge in [-0.3, -0.25) is 4.79 Å². The number of halogens is 2. The Balaban J connectivity index is 2.02. The van der Waals surface area contributed by atoms with Gasteiger partial charge in [0.1, 0.15) is 6.61 Å². The Bertz CT molecular complexity index is 532. The lowest BCUT2D eigenvalue weighted by Gasteiger charge is -2.17. The number of aliphatic hydroxyl groups excluding tert-OH is 1. The Morgan fingerprint density at radius 2 is 2.10 bits per heavy atom. The number of ether oxygens (including phenoxy) is 1. The molecule has 1 aliphatic heterocycles. The van der Waals surface area contributed by atoms with E-state index in [0.717, 1.165) is 11.3 Å². The molecule has 0 fully saturated rings. The first kappa shape index (κ1) is 15.9. The van der Waals surface area contributed by atoms with E-state index in [2.05, 4.69) is 5.32 Å². The average molecular weight is 299 g/mol. The molecule has 2 N–H and O–H groups in total. The molecular weight excluding hydrogens is 280 g/mol. The van der Waals surface area contributed by atoms with Gasteiger partial charge >= 0.3 is 0 Å². The Morgan fingerprint density at radius 1 is 1.38 bits per heavy atom. The fraction of sp³-hybridized carbons (Fsp3) is 0.533. The molecule has 1 aromatic carbocycles. The largest absolute Gasteiger partial charge is 0.388 e. The van der Waals surface area contributed by atoms with Gasteiger partial charge in [-0.25, -0.2) is 8.78 Å². The molecule has 4 nitrogen and oxygen atoms in total. The van der Waals surface area contributed by atoms with Crippen LogP contribution in [0.25, 0.3) is 0 Å². The van der Waals surface area contributed by atoms with E-state index in [1.165, 1.54) is 0 Å². The third-order valence-electron chi connectivity index (χ3n) is 3.70. The molecule has 0 spiro atoms. The molecule has 6 heteroatoms. The number of rotatable bonds is 6. The average Bonchev–Trinajstić information content (AvgIpc) is 2.64. The maximum atomic E-state index is 11.9. The molecule has 1 amide bonds. The third-order valence-corrected chi connectivity index (χ3v) is 3.70. The molecule has 1 unspecified atom stereocenters. The zero-order chi connectivity index (χ0) is 15.6. The predicted octanol–water partition coefficient (Wildman–Crippen LogP) is 2.62. The van der Waals surface area contributed by atoms with Gasteiger partial charge in [0.2, 0.25) is 5.91 Å². The molecule has 0 aromatic heterocycles. The number of benzene rings is 1. The van der Waals surface area contributed by atoms with E-state index < -0.39 is 24.6 Å². The number of hydrogen-bond acceptors (Lipinski definition) is 3. The number of hydrogen-bond donors (Lipinski definition) is 2. The summed E-state index contributed by atoms with van der Waals surface area (Å²) in [6, 6.07) is 5.25. The summed E-state index contributed by atoms with van der Waals surface area (Å²) in [5, 5.41) is 12.9. The zero-order valence-corrected chi connectivity index (χ0v) is 12.0. The normalized spacial score (nSPS) is 17.7. The highest BCUT2D eigenvalue weighted by Gasteiger charge is 2.38. The van der Waals surface area contributed by atoms with E-state index in [-0.39, 0.29) is 18.9 Å². The van der Waals surface area contributed by atoms with Crippen molar-refractivity contribution in [2.75, 3.05) is 18.5 Å². The number of nitrogens with one attached hydrogen (secondary N) is 1. The monoisotopic (exact) mass is 299 g/mol. The first-order valence-corrected chi connectivity index (χ1v) is 6.82. The van der Waals surface area contributed by atoms with Crippen molar-refractivity contribution in [1.82, 2.24) is 0 Å². The smallest absolute Gasteiger partial charge is 0.261 e. The van der Waals surface area contributed by atoms with Crippen LogP contribution in [-0.2, 0) is 14.9 Å². The number of fused-ring (bicyclic) bond motifs is 1. The number of carbonyl (C=O) groups is 1. The second-order valence-corrected chi connectivity index (χ2v) is 5.65. The van der Waals surface area contributed by atoms with Gasteiger partial charge < -0.3 is 15.2 Å². The minimum Gasteiger partial charge on any atom is -0.388 e. The lowest BCUT2D eigenvalue weighted by Crippen LogP contribution is -2.26. The first-order valence-electron chi connectivity index (χ1n) is 6.82. The Kier molecular flexibility index (Phi) is 4.58. The van der Waals surface area contributed by atoms with E-state index in [0.29, 0.717) is 5.56 Å². The summed E-state index contributed by atoms with van der Waals surface area (Å²) in [6.45, 7) is 3.07. The number of anilines is 1. The van der Waals surface area contributed by atoms with Crippen LogP contribution in [0.3, 0.4) is 0 Å². The van der Waals surface area contributed by atoms with Gasteiger partial charge in [-0.1, -0.05) is 12.1 Å². The minimum absolute atomic E-state index is 0.0587. The van der Waals surface area contributed by atoms with Crippen LogP contribution in [0.4, 0.5) is 14.5 Å². The minimum atomic E-state index is -2.50. The molecule has 1 aromatic rings. The Morgan fingerprint density at radius 3 is 2.76 bits per heavy atom. The highest BCUT2D eigenvalue weighted by molar-refractivity contribution is 6.05. The molecule has 1 aliphatic rings. The summed E-state index contributed by atoms with van der Waals surface area (Å²) in [5.41, 5.74) is 1.59. The lowest BCUT2D eigenvalue weighted by atomic mass is 9.85. The van der Waals surface area contributed by atoms with Crippen LogP contribution in [0.15, 0.2) is 18.2 Å². The fourth-order valence-corrected chi connectivity index (χ4v) is 2.33. The number of amides is 1. The van der Waals surface area contributed by atoms with Gasteiger partial charge in [-0.15, -0.1) is 0 Å². The molecule has 0 saturated carbocycles. The second kappa shape index (κ2) is 6.07. The quantitative estimate of drug-likeness (QED) is 0.794. The van der Waals surface area contributed by atoms with Crippen LogP contribution >= 0.6 is 0 Å². The molecule has 1 atom stereocenters. The van der Waals surface area contributed by atoms with Crippen molar-refractivity contribution in [2.45, 2.75) is 38.2 Å². The molecule has 21 heavy (non-hydrogen) atoms. The van der Waals surface area contributed by atoms with Crippen molar-refractivity contribution in [1.29, 1.82) is 0 Å². The van der Waals surface area contributed by atoms with Crippen molar-refractivity contribution in [3.8, 4) is 0 Å². The fourth-order valence-electron chi connectivity index (χ4n) is 2.33. The molecular formula is C15H19F2NO3. The lowest BCUT2D eigenvalue weighted by molar-refractivity contribution is -0.119. The van der Waals surface area contributed by atoms with Crippen LogP contribution < -0.4 is 5.32 Å². The van der Waals surface area contributed by atoms with Crippen molar-refractivity contribution in [3.05, 3.63) is 29.3 Å². The molecule has 0 aliphatic carbocycles. The first-order chi connectivity index (χ1) is 9.82. The number of carbonyl (C=O) groups excluding carboxylic acids is 1. The summed E-state index contributed by atoms with van der Waals surface area (Å²) in [5.74, 6) is -0.0793. The van der Waals surface area contributed by atoms with Gasteiger partial charge in [-0.05, 0) is 31.0 Å². The highest BCUT2D eigenvalue weighted by atomic mass is 19.3. The molecule has 0 bridgehead atoms. The predicted molar refractivity (Wildman–Crippen MR) is 74.5 cm³/mol. The van der Waals surface area contributed by atoms with Crippen molar-refractivity contribution in [3.63, 3.8) is 0 Å². The van der Waals surface area contributed by atoms with Crippen LogP contribution in [-0.4, -0.2) is 30.7 Å². The van der Waals surface area contributed by atoms with Crippen molar-refractivity contribution >= 4 is 11.6 Å². The Labute approximate surface area is 122 Å². The van der Waals surface area contributed by atoms with Gasteiger partial charge in [0, 0.05) is 18.7 Å². The third kappa shape index (κ3) is 3.39. The van der Waals surface area contributed by atoms with E-state index in [1.54, 1.807) is 18.2 Å². The SMILES string of the molecule is CC1(C)C(=O)Nc2ccc(C(O)CCOCC(F)F)cc21. The maximum Gasteiger partial charge on any atom is 0.261 e. The van der Waals surface area contributed by atoms with E-state index in [9.17, 15) is 18.7 Å². The summed E-state index contributed by atoms with van der Waals surface area (Å²) < 4.78 is 28.6. The van der Waals surface area contributed by atoms with Gasteiger partial charge in [-0.2, -0.15) is 0 Å². The van der Waals surface area contributed by atoms with Crippen molar-refractivity contribution < 1.29 is 23.4 Å². The molecule has 116 valence electrons. The van der Waals surface area contributed by atoms with Gasteiger partial charge in [0.15, 0.2) is 0 Å². The van der Waals surface area contributed by atoms with E-state index >= 15 is 0 Å². The summed E-state index contributed by atoms with van der Waals surface area (Å²) >= 11 is 0. The number of alkyl halides is 2. The summed E-state index contributed by atoms with van der Waals surface area (Å²) in [6.07, 6.45) is -3.08. The zero-order valence-electron chi connectivity index (χ0n) is 12.0.